The Labute approximate surface area is 233 Å². The van der Waals surface area contributed by atoms with Gasteiger partial charge < -0.3 is 13.9 Å². The molecule has 3 aromatic heterocycles. The van der Waals surface area contributed by atoms with Crippen molar-refractivity contribution in [2.75, 3.05) is 13.7 Å². The standard InChI is InChI=1S/C26H21BrN4O5S2/c1-4-35-23(33)20-14(2)30-26-31(21(20)15-6-8-16(34-3)9-7-15)22(32)19(37-26)13-17-12-18(27)24(36-17)38-25-28-10-5-11-29-25/h5-13,21H,4H2,1-3H3/b19-13+/t21-/m0/s1. The zero-order valence-corrected chi connectivity index (χ0v) is 23.7. The number of allylic oxidation sites excluding steroid dienone is 1. The van der Waals surface area contributed by atoms with E-state index in [2.05, 4.69) is 30.9 Å². The molecule has 12 heteroatoms. The number of ether oxygens (including phenoxy) is 2. The highest BCUT2D eigenvalue weighted by molar-refractivity contribution is 9.10. The average molecular weight is 614 g/mol. The largest absolute Gasteiger partial charge is 0.497 e. The number of esters is 1. The molecule has 4 aromatic rings. The van der Waals surface area contributed by atoms with Crippen LogP contribution in [0.3, 0.4) is 0 Å². The maximum atomic E-state index is 13.7. The summed E-state index contributed by atoms with van der Waals surface area (Å²) in [6.45, 7) is 3.69. The molecule has 0 fully saturated rings. The van der Waals surface area contributed by atoms with Crippen molar-refractivity contribution in [3.63, 3.8) is 0 Å². The number of benzene rings is 1. The van der Waals surface area contributed by atoms with Crippen LogP contribution >= 0.6 is 39.0 Å². The molecule has 194 valence electrons. The number of carbonyl (C=O) groups excluding carboxylic acids is 1. The third-order valence-corrected chi connectivity index (χ3v) is 8.34. The molecular weight excluding hydrogens is 592 g/mol. The van der Waals surface area contributed by atoms with E-state index in [0.29, 0.717) is 46.8 Å². The van der Waals surface area contributed by atoms with Gasteiger partial charge in [-0.2, -0.15) is 0 Å². The minimum atomic E-state index is -0.706. The fourth-order valence-electron chi connectivity index (χ4n) is 3.95. The molecule has 0 bridgehead atoms. The van der Waals surface area contributed by atoms with Gasteiger partial charge in [-0.3, -0.25) is 9.36 Å². The van der Waals surface area contributed by atoms with E-state index in [1.807, 2.05) is 12.1 Å². The van der Waals surface area contributed by atoms with Gasteiger partial charge in [-0.1, -0.05) is 23.5 Å². The van der Waals surface area contributed by atoms with Gasteiger partial charge >= 0.3 is 5.97 Å². The van der Waals surface area contributed by atoms with Crippen molar-refractivity contribution in [3.8, 4) is 5.75 Å². The Morgan fingerprint density at radius 2 is 2.00 bits per heavy atom. The number of fused-ring (bicyclic) bond motifs is 1. The summed E-state index contributed by atoms with van der Waals surface area (Å²) in [6, 6.07) is 10.1. The maximum absolute atomic E-state index is 13.7. The predicted molar refractivity (Wildman–Crippen MR) is 146 cm³/mol. The first-order chi connectivity index (χ1) is 18.4. The molecular formula is C26H21BrN4O5S2. The van der Waals surface area contributed by atoms with Gasteiger partial charge in [0.2, 0.25) is 0 Å². The third-order valence-electron chi connectivity index (χ3n) is 5.62. The lowest BCUT2D eigenvalue weighted by Crippen LogP contribution is -2.39. The lowest BCUT2D eigenvalue weighted by atomic mass is 9.96. The minimum Gasteiger partial charge on any atom is -0.497 e. The van der Waals surface area contributed by atoms with Crippen LogP contribution in [0, 0.1) is 0 Å². The molecule has 1 aliphatic heterocycles. The normalized spacial score (nSPS) is 15.3. The Morgan fingerprint density at radius 1 is 1.26 bits per heavy atom. The zero-order chi connectivity index (χ0) is 26.8. The first kappa shape index (κ1) is 26.1. The van der Waals surface area contributed by atoms with Gasteiger partial charge in [-0.05, 0) is 71.4 Å². The number of halogens is 1. The Bertz CT molecular complexity index is 1710. The number of thiazole rings is 1. The summed E-state index contributed by atoms with van der Waals surface area (Å²) < 4.78 is 19.2. The van der Waals surface area contributed by atoms with E-state index in [0.717, 1.165) is 5.56 Å². The lowest BCUT2D eigenvalue weighted by Gasteiger charge is -2.24. The minimum absolute atomic E-state index is 0.205. The topological polar surface area (TPSA) is 109 Å². The van der Waals surface area contributed by atoms with Gasteiger partial charge in [0, 0.05) is 18.5 Å². The molecule has 9 nitrogen and oxygen atoms in total. The van der Waals surface area contributed by atoms with Crippen LogP contribution in [0.25, 0.3) is 6.08 Å². The second-order valence-electron chi connectivity index (χ2n) is 7.99. The second kappa shape index (κ2) is 11.1. The Balaban J connectivity index is 1.61. The first-order valence-electron chi connectivity index (χ1n) is 11.5. The molecule has 1 aliphatic rings. The van der Waals surface area contributed by atoms with E-state index in [9.17, 15) is 9.59 Å². The number of rotatable bonds is 7. The van der Waals surface area contributed by atoms with Crippen LogP contribution in [0.5, 0.6) is 5.75 Å². The van der Waals surface area contributed by atoms with E-state index in [1.54, 1.807) is 63.7 Å². The lowest BCUT2D eigenvalue weighted by molar-refractivity contribution is -0.139. The van der Waals surface area contributed by atoms with Crippen LogP contribution in [0.2, 0.25) is 0 Å². The van der Waals surface area contributed by atoms with Crippen LogP contribution in [0.1, 0.15) is 31.2 Å². The number of aromatic nitrogens is 3. The maximum Gasteiger partial charge on any atom is 0.338 e. The fraction of sp³-hybridized carbons (Fsp3) is 0.192. The molecule has 0 radical (unpaired) electrons. The van der Waals surface area contributed by atoms with Crippen LogP contribution in [-0.4, -0.2) is 34.2 Å². The number of nitrogens with zero attached hydrogens (tertiary/aromatic N) is 4. The quantitative estimate of drug-likeness (QED) is 0.227. The summed E-state index contributed by atoms with van der Waals surface area (Å²) in [5.74, 6) is 0.629. The summed E-state index contributed by atoms with van der Waals surface area (Å²) in [6.07, 6.45) is 4.97. The van der Waals surface area contributed by atoms with Crippen LogP contribution in [0.4, 0.5) is 0 Å². The second-order valence-corrected chi connectivity index (χ2v) is 10.8. The predicted octanol–water partition coefficient (Wildman–Crippen LogP) is 4.10. The Kier molecular flexibility index (Phi) is 7.63. The van der Waals surface area contributed by atoms with Gasteiger partial charge in [0.15, 0.2) is 15.1 Å². The molecule has 0 N–H and O–H groups in total. The molecule has 5 rings (SSSR count). The molecule has 38 heavy (non-hydrogen) atoms. The van der Waals surface area contributed by atoms with E-state index in [-0.39, 0.29) is 12.2 Å². The van der Waals surface area contributed by atoms with Gasteiger partial charge in [0.25, 0.3) is 5.56 Å². The third kappa shape index (κ3) is 5.11. The van der Waals surface area contributed by atoms with Gasteiger partial charge in [-0.15, -0.1) is 0 Å². The highest BCUT2D eigenvalue weighted by Crippen LogP contribution is 2.35. The molecule has 0 amide bonds. The van der Waals surface area contributed by atoms with E-state index < -0.39 is 12.0 Å². The highest BCUT2D eigenvalue weighted by atomic mass is 79.9. The average Bonchev–Trinajstić information content (AvgIpc) is 3.41. The Morgan fingerprint density at radius 3 is 2.68 bits per heavy atom. The van der Waals surface area contributed by atoms with Gasteiger partial charge in [0.1, 0.15) is 11.5 Å². The van der Waals surface area contributed by atoms with Crippen molar-refractivity contribution in [1.29, 1.82) is 0 Å². The summed E-state index contributed by atoms with van der Waals surface area (Å²) in [7, 11) is 1.58. The van der Waals surface area contributed by atoms with Crippen molar-refractivity contribution < 1.29 is 18.7 Å². The highest BCUT2D eigenvalue weighted by Gasteiger charge is 2.33. The smallest absolute Gasteiger partial charge is 0.338 e. The molecule has 0 aliphatic carbocycles. The summed E-state index contributed by atoms with van der Waals surface area (Å²) in [5, 5.41) is 1.10. The van der Waals surface area contributed by atoms with Gasteiger partial charge in [-0.25, -0.2) is 19.8 Å². The van der Waals surface area contributed by atoms with E-state index in [4.69, 9.17) is 13.9 Å². The molecule has 1 aromatic carbocycles. The zero-order valence-electron chi connectivity index (χ0n) is 20.5. The van der Waals surface area contributed by atoms with Crippen LogP contribution in [-0.2, 0) is 9.53 Å². The number of carbonyl (C=O) groups is 1. The molecule has 0 unspecified atom stereocenters. The molecule has 4 heterocycles. The molecule has 0 saturated heterocycles. The SMILES string of the molecule is CCOC(=O)C1=C(C)N=c2s/c(=C/c3cc(Br)c(Sc4ncccn4)o3)c(=O)n2[C@H]1c1ccc(OC)cc1. The van der Waals surface area contributed by atoms with Crippen LogP contribution in [0.15, 0.2) is 89.0 Å². The number of furan rings is 1. The Hall–Kier alpha value is -3.48. The number of methoxy groups -OCH3 is 1. The summed E-state index contributed by atoms with van der Waals surface area (Å²) >= 11 is 5.99. The summed E-state index contributed by atoms with van der Waals surface area (Å²) in [5.41, 5.74) is 1.26. The molecule has 0 saturated carbocycles. The number of hydrogen-bond donors (Lipinski definition) is 0. The summed E-state index contributed by atoms with van der Waals surface area (Å²) in [4.78, 5) is 40.2. The first-order valence-corrected chi connectivity index (χ1v) is 13.9. The van der Waals surface area contributed by atoms with Crippen LogP contribution < -0.4 is 19.6 Å². The van der Waals surface area contributed by atoms with Crippen molar-refractivity contribution in [3.05, 3.63) is 95.5 Å². The van der Waals surface area contributed by atoms with Crippen molar-refractivity contribution >= 4 is 51.1 Å². The molecule has 1 atom stereocenters. The van der Waals surface area contributed by atoms with Gasteiger partial charge in [0.05, 0.1) is 40.0 Å². The van der Waals surface area contributed by atoms with E-state index in [1.165, 1.54) is 27.7 Å². The fourth-order valence-corrected chi connectivity index (χ4v) is 6.22. The van der Waals surface area contributed by atoms with Crippen molar-refractivity contribution in [2.24, 2.45) is 4.99 Å². The van der Waals surface area contributed by atoms with E-state index >= 15 is 0 Å². The number of hydrogen-bond acceptors (Lipinski definition) is 10. The van der Waals surface area contributed by atoms with Crippen molar-refractivity contribution in [1.82, 2.24) is 14.5 Å². The molecule has 0 spiro atoms. The van der Waals surface area contributed by atoms with Crippen molar-refractivity contribution in [2.45, 2.75) is 30.1 Å². The monoisotopic (exact) mass is 612 g/mol.